The minimum absolute atomic E-state index is 0.278. The van der Waals surface area contributed by atoms with E-state index < -0.39 is 0 Å². The molecule has 0 spiro atoms. The second kappa shape index (κ2) is 5.58. The molecule has 96 valence electrons. The zero-order valence-corrected chi connectivity index (χ0v) is 10.7. The number of Topliss-reactive ketones (excluding diaryl/α,β-unsaturated/α-hetero) is 1. The SMILES string of the molecule is COc1ccc(C=C2CC(=O)CCN2)cc1OC. The Bertz CT molecular complexity index is 480. The van der Waals surface area contributed by atoms with Crippen LogP contribution in [0.1, 0.15) is 18.4 Å². The number of nitrogens with one attached hydrogen (secondary N) is 1. The smallest absolute Gasteiger partial charge is 0.161 e. The van der Waals surface area contributed by atoms with Crippen molar-refractivity contribution in [2.24, 2.45) is 0 Å². The molecule has 4 heteroatoms. The molecule has 1 aliphatic rings. The molecule has 1 aromatic rings. The van der Waals surface area contributed by atoms with E-state index in [1.54, 1.807) is 14.2 Å². The molecule has 0 radical (unpaired) electrons. The minimum Gasteiger partial charge on any atom is -0.493 e. The highest BCUT2D eigenvalue weighted by Crippen LogP contribution is 2.28. The first-order valence-electron chi connectivity index (χ1n) is 5.91. The van der Waals surface area contributed by atoms with Crippen LogP contribution in [-0.4, -0.2) is 26.5 Å². The van der Waals surface area contributed by atoms with Gasteiger partial charge in [0.05, 0.1) is 14.2 Å². The molecule has 1 heterocycles. The van der Waals surface area contributed by atoms with Gasteiger partial charge in [-0.05, 0) is 23.8 Å². The molecule has 1 fully saturated rings. The minimum atomic E-state index is 0.278. The summed E-state index contributed by atoms with van der Waals surface area (Å²) in [5, 5.41) is 3.23. The van der Waals surface area contributed by atoms with Gasteiger partial charge in [0.15, 0.2) is 11.5 Å². The molecule has 0 saturated carbocycles. The van der Waals surface area contributed by atoms with Crippen molar-refractivity contribution in [2.45, 2.75) is 12.8 Å². The summed E-state index contributed by atoms with van der Waals surface area (Å²) in [6.07, 6.45) is 3.07. The Kier molecular flexibility index (Phi) is 3.87. The van der Waals surface area contributed by atoms with Crippen LogP contribution in [0.25, 0.3) is 6.08 Å². The topological polar surface area (TPSA) is 47.6 Å². The second-order valence-electron chi connectivity index (χ2n) is 4.18. The van der Waals surface area contributed by atoms with Gasteiger partial charge >= 0.3 is 0 Å². The van der Waals surface area contributed by atoms with Crippen LogP contribution in [0.15, 0.2) is 23.9 Å². The third kappa shape index (κ3) is 2.83. The summed E-state index contributed by atoms with van der Waals surface area (Å²) < 4.78 is 10.4. The van der Waals surface area contributed by atoms with Crippen molar-refractivity contribution >= 4 is 11.9 Å². The van der Waals surface area contributed by atoms with E-state index in [0.717, 1.165) is 17.8 Å². The van der Waals surface area contributed by atoms with E-state index in [9.17, 15) is 4.79 Å². The number of ether oxygens (including phenoxy) is 2. The summed E-state index contributed by atoms with van der Waals surface area (Å²) in [5.41, 5.74) is 1.95. The Morgan fingerprint density at radius 1 is 1.22 bits per heavy atom. The van der Waals surface area contributed by atoms with Crippen LogP contribution in [0.4, 0.5) is 0 Å². The van der Waals surface area contributed by atoms with E-state index in [4.69, 9.17) is 9.47 Å². The standard InChI is InChI=1S/C14H17NO3/c1-17-13-4-3-10(8-14(13)18-2)7-11-9-12(16)5-6-15-11/h3-4,7-8,15H,5-6,9H2,1-2H3. The van der Waals surface area contributed by atoms with Gasteiger partial charge in [-0.1, -0.05) is 6.07 Å². The zero-order chi connectivity index (χ0) is 13.0. The lowest BCUT2D eigenvalue weighted by molar-refractivity contribution is -0.119. The van der Waals surface area contributed by atoms with Gasteiger partial charge in [-0.3, -0.25) is 4.79 Å². The van der Waals surface area contributed by atoms with Gasteiger partial charge in [-0.25, -0.2) is 0 Å². The van der Waals surface area contributed by atoms with Crippen molar-refractivity contribution in [3.8, 4) is 11.5 Å². The quantitative estimate of drug-likeness (QED) is 0.887. The lowest BCUT2D eigenvalue weighted by atomic mass is 10.1. The summed E-state index contributed by atoms with van der Waals surface area (Å²) in [7, 11) is 3.22. The number of methoxy groups -OCH3 is 2. The van der Waals surface area contributed by atoms with Crippen molar-refractivity contribution in [3.63, 3.8) is 0 Å². The van der Waals surface area contributed by atoms with Crippen molar-refractivity contribution in [1.82, 2.24) is 5.32 Å². The Morgan fingerprint density at radius 2 is 2.00 bits per heavy atom. The van der Waals surface area contributed by atoms with Crippen LogP contribution < -0.4 is 14.8 Å². The van der Waals surface area contributed by atoms with Crippen molar-refractivity contribution in [2.75, 3.05) is 20.8 Å². The molecule has 0 unspecified atom stereocenters. The molecular weight excluding hydrogens is 230 g/mol. The van der Waals surface area contributed by atoms with E-state index in [0.29, 0.717) is 24.3 Å². The van der Waals surface area contributed by atoms with E-state index in [2.05, 4.69) is 5.32 Å². The Balaban J connectivity index is 2.23. The third-order valence-corrected chi connectivity index (χ3v) is 2.89. The molecule has 0 bridgehead atoms. The van der Waals surface area contributed by atoms with E-state index in [1.807, 2.05) is 24.3 Å². The van der Waals surface area contributed by atoms with Gasteiger partial charge in [0.25, 0.3) is 0 Å². The predicted octanol–water partition coefficient (Wildman–Crippen LogP) is 2.00. The summed E-state index contributed by atoms with van der Waals surface area (Å²) in [6.45, 7) is 0.720. The predicted molar refractivity (Wildman–Crippen MR) is 69.8 cm³/mol. The Morgan fingerprint density at radius 3 is 2.67 bits per heavy atom. The number of carbonyl (C=O) groups is 1. The summed E-state index contributed by atoms with van der Waals surface area (Å²) in [4.78, 5) is 11.4. The van der Waals surface area contributed by atoms with Gasteiger partial charge < -0.3 is 14.8 Å². The highest BCUT2D eigenvalue weighted by molar-refractivity contribution is 5.83. The summed E-state index contributed by atoms with van der Waals surface area (Å²) in [6, 6.07) is 5.69. The molecule has 18 heavy (non-hydrogen) atoms. The maximum atomic E-state index is 11.4. The Labute approximate surface area is 107 Å². The molecule has 1 saturated heterocycles. The fourth-order valence-corrected chi connectivity index (χ4v) is 1.97. The lowest BCUT2D eigenvalue weighted by Gasteiger charge is -2.16. The molecule has 0 atom stereocenters. The first-order valence-corrected chi connectivity index (χ1v) is 5.91. The number of allylic oxidation sites excluding steroid dienone is 1. The zero-order valence-electron chi connectivity index (χ0n) is 10.7. The number of benzene rings is 1. The molecule has 4 nitrogen and oxygen atoms in total. The van der Waals surface area contributed by atoms with Crippen molar-refractivity contribution in [3.05, 3.63) is 29.5 Å². The Hall–Kier alpha value is -1.97. The van der Waals surface area contributed by atoms with Crippen LogP contribution in [0.3, 0.4) is 0 Å². The monoisotopic (exact) mass is 247 g/mol. The maximum Gasteiger partial charge on any atom is 0.161 e. The van der Waals surface area contributed by atoms with Gasteiger partial charge in [0.2, 0.25) is 0 Å². The van der Waals surface area contributed by atoms with Crippen LogP contribution in [0, 0.1) is 0 Å². The van der Waals surface area contributed by atoms with Gasteiger partial charge in [0.1, 0.15) is 5.78 Å². The summed E-state index contributed by atoms with van der Waals surface area (Å²) >= 11 is 0. The van der Waals surface area contributed by atoms with Crippen LogP contribution in [-0.2, 0) is 4.79 Å². The van der Waals surface area contributed by atoms with Crippen molar-refractivity contribution in [1.29, 1.82) is 0 Å². The van der Waals surface area contributed by atoms with Gasteiger partial charge in [0, 0.05) is 25.1 Å². The number of rotatable bonds is 3. The van der Waals surface area contributed by atoms with E-state index in [-0.39, 0.29) is 5.78 Å². The second-order valence-corrected chi connectivity index (χ2v) is 4.18. The number of ketones is 1. The molecule has 1 N–H and O–H groups in total. The van der Waals surface area contributed by atoms with E-state index >= 15 is 0 Å². The largest absolute Gasteiger partial charge is 0.493 e. The number of piperidine rings is 1. The molecule has 1 aromatic carbocycles. The molecule has 0 aromatic heterocycles. The lowest BCUT2D eigenvalue weighted by Crippen LogP contribution is -2.25. The molecule has 0 aliphatic carbocycles. The number of hydrogen-bond acceptors (Lipinski definition) is 4. The summed E-state index contributed by atoms with van der Waals surface area (Å²) in [5.74, 6) is 1.67. The fourth-order valence-electron chi connectivity index (χ4n) is 1.97. The highest BCUT2D eigenvalue weighted by atomic mass is 16.5. The van der Waals surface area contributed by atoms with Gasteiger partial charge in [-0.2, -0.15) is 0 Å². The van der Waals surface area contributed by atoms with Gasteiger partial charge in [-0.15, -0.1) is 0 Å². The van der Waals surface area contributed by atoms with Crippen LogP contribution in [0.2, 0.25) is 0 Å². The molecule has 2 rings (SSSR count). The molecule has 0 amide bonds. The van der Waals surface area contributed by atoms with E-state index in [1.165, 1.54) is 0 Å². The molecule has 1 aliphatic heterocycles. The fraction of sp³-hybridized carbons (Fsp3) is 0.357. The first-order chi connectivity index (χ1) is 8.72. The maximum absolute atomic E-state index is 11.4. The third-order valence-electron chi connectivity index (χ3n) is 2.89. The van der Waals surface area contributed by atoms with Crippen LogP contribution >= 0.6 is 0 Å². The average molecular weight is 247 g/mol. The average Bonchev–Trinajstić information content (AvgIpc) is 2.38. The van der Waals surface area contributed by atoms with Crippen LogP contribution in [0.5, 0.6) is 11.5 Å². The first kappa shape index (κ1) is 12.5. The number of carbonyl (C=O) groups excluding carboxylic acids is 1. The normalized spacial score (nSPS) is 17.4. The van der Waals surface area contributed by atoms with Crippen molar-refractivity contribution < 1.29 is 14.3 Å². The molecular formula is C14H17NO3. The number of hydrogen-bond donors (Lipinski definition) is 1. The highest BCUT2D eigenvalue weighted by Gasteiger charge is 2.12.